The van der Waals surface area contributed by atoms with E-state index in [2.05, 4.69) is 15.4 Å². The molecule has 4 rings (SSSR count). The van der Waals surface area contributed by atoms with Gasteiger partial charge in [0.15, 0.2) is 0 Å². The first-order chi connectivity index (χ1) is 14.4. The van der Waals surface area contributed by atoms with Crippen LogP contribution in [0.1, 0.15) is 17.2 Å². The molecule has 0 radical (unpaired) electrons. The van der Waals surface area contributed by atoms with Crippen LogP contribution >= 0.6 is 11.3 Å². The maximum atomic E-state index is 13.1. The third-order valence-corrected chi connectivity index (χ3v) is 7.58. The van der Waals surface area contributed by atoms with Gasteiger partial charge in [-0.1, -0.05) is 54.6 Å². The number of carbonyl (C=O) groups excluding carboxylic acids is 2. The zero-order chi connectivity index (χ0) is 21.1. The normalized spacial score (nSPS) is 16.9. The smallest absolute Gasteiger partial charge is 0.251 e. The molecule has 30 heavy (non-hydrogen) atoms. The second-order valence-corrected chi connectivity index (χ2v) is 9.70. The molecule has 2 amide bonds. The number of rotatable bonds is 6. The Kier molecular flexibility index (Phi) is 5.67. The number of carbonyl (C=O) groups is 2. The first-order valence-electron chi connectivity index (χ1n) is 9.24. The molecule has 1 aliphatic rings. The van der Waals surface area contributed by atoms with Gasteiger partial charge in [0.2, 0.25) is 11.8 Å². The Morgan fingerprint density at radius 2 is 1.77 bits per heavy atom. The van der Waals surface area contributed by atoms with Crippen molar-refractivity contribution in [3.8, 4) is 0 Å². The minimum atomic E-state index is -3.91. The first-order valence-corrected chi connectivity index (χ1v) is 11.6. The predicted molar refractivity (Wildman–Crippen MR) is 115 cm³/mol. The lowest BCUT2D eigenvalue weighted by Crippen LogP contribution is -2.51. The molecule has 1 aromatic heterocycles. The lowest BCUT2D eigenvalue weighted by Gasteiger charge is -2.27. The van der Waals surface area contributed by atoms with Gasteiger partial charge in [-0.15, -0.1) is 11.3 Å². The zero-order valence-electron chi connectivity index (χ0n) is 15.7. The van der Waals surface area contributed by atoms with Crippen molar-refractivity contribution in [2.45, 2.75) is 22.7 Å². The maximum absolute atomic E-state index is 13.1. The van der Waals surface area contributed by atoms with E-state index in [0.29, 0.717) is 17.7 Å². The van der Waals surface area contributed by atoms with E-state index < -0.39 is 28.0 Å². The lowest BCUT2D eigenvalue weighted by atomic mass is 9.98. The van der Waals surface area contributed by atoms with Crippen molar-refractivity contribution in [1.82, 2.24) is 10.0 Å². The lowest BCUT2D eigenvalue weighted by molar-refractivity contribution is -0.127. The Hall–Kier alpha value is -3.01. The molecule has 0 aliphatic carbocycles. The second-order valence-electron chi connectivity index (χ2n) is 6.81. The molecule has 0 fully saturated rings. The van der Waals surface area contributed by atoms with Crippen molar-refractivity contribution in [2.24, 2.45) is 0 Å². The van der Waals surface area contributed by atoms with Crippen LogP contribution in [0.15, 0.2) is 76.3 Å². The summed E-state index contributed by atoms with van der Waals surface area (Å²) < 4.78 is 28.1. The third-order valence-electron chi connectivity index (χ3n) is 4.76. The van der Waals surface area contributed by atoms with Crippen LogP contribution in [-0.2, 0) is 26.0 Å². The van der Waals surface area contributed by atoms with Gasteiger partial charge in [-0.2, -0.15) is 4.72 Å². The molecule has 2 atom stereocenters. The van der Waals surface area contributed by atoms with Gasteiger partial charge in [-0.25, -0.2) is 8.42 Å². The fourth-order valence-electron chi connectivity index (χ4n) is 3.27. The topological polar surface area (TPSA) is 104 Å². The summed E-state index contributed by atoms with van der Waals surface area (Å²) in [5.74, 6) is -0.934. The Balaban J connectivity index is 1.58. The average Bonchev–Trinajstić information content (AvgIpc) is 3.29. The number of hydrogen-bond donors (Lipinski definition) is 3. The molecular weight excluding hydrogens is 422 g/mol. The van der Waals surface area contributed by atoms with E-state index in [0.717, 1.165) is 16.9 Å². The monoisotopic (exact) mass is 441 g/mol. The van der Waals surface area contributed by atoms with Gasteiger partial charge < -0.3 is 10.6 Å². The Morgan fingerprint density at radius 1 is 1.03 bits per heavy atom. The zero-order valence-corrected chi connectivity index (χ0v) is 17.4. The summed E-state index contributed by atoms with van der Waals surface area (Å²) in [6, 6.07) is 17.0. The van der Waals surface area contributed by atoms with E-state index in [-0.39, 0.29) is 10.1 Å². The first kappa shape index (κ1) is 20.3. The predicted octanol–water partition coefficient (Wildman–Crippen LogP) is 2.45. The molecule has 2 unspecified atom stereocenters. The van der Waals surface area contributed by atoms with Crippen molar-refractivity contribution in [3.05, 3.63) is 83.2 Å². The Bertz CT molecular complexity index is 1160. The van der Waals surface area contributed by atoms with E-state index in [1.54, 1.807) is 47.8 Å². The minimum absolute atomic E-state index is 0.112. The van der Waals surface area contributed by atoms with Crippen LogP contribution in [0, 0.1) is 0 Å². The summed E-state index contributed by atoms with van der Waals surface area (Å²) in [6.45, 7) is 0. The van der Waals surface area contributed by atoms with E-state index in [1.807, 2.05) is 18.2 Å². The number of para-hydroxylation sites is 1. The number of sulfonamides is 1. The van der Waals surface area contributed by atoms with Crippen molar-refractivity contribution in [1.29, 1.82) is 0 Å². The van der Waals surface area contributed by atoms with Crippen LogP contribution in [-0.4, -0.2) is 26.3 Å². The van der Waals surface area contributed by atoms with Crippen LogP contribution < -0.4 is 15.4 Å². The highest BCUT2D eigenvalue weighted by Crippen LogP contribution is 2.24. The van der Waals surface area contributed by atoms with Crippen molar-refractivity contribution in [2.75, 3.05) is 5.32 Å². The number of fused-ring (bicyclic) bond motifs is 1. The number of thiophene rings is 1. The standard InChI is InChI=1S/C21H19N3O4S2/c25-20-17(13-15-9-4-5-10-16(15)22-20)23-21(26)19(14-7-2-1-3-8-14)24-30(27,28)18-11-6-12-29-18/h1-12,17,19,24H,13H2,(H,22,25)(H,23,26). The van der Waals surface area contributed by atoms with E-state index >= 15 is 0 Å². The van der Waals surface area contributed by atoms with E-state index in [1.165, 1.54) is 6.07 Å². The summed E-state index contributed by atoms with van der Waals surface area (Å²) in [5.41, 5.74) is 2.09. The molecule has 1 aliphatic heterocycles. The number of hydrogen-bond acceptors (Lipinski definition) is 5. The third kappa shape index (κ3) is 4.28. The molecule has 0 saturated carbocycles. The van der Waals surface area contributed by atoms with Gasteiger partial charge in [0.25, 0.3) is 10.0 Å². The molecule has 9 heteroatoms. The summed E-state index contributed by atoms with van der Waals surface area (Å²) >= 11 is 1.06. The number of benzene rings is 2. The highest BCUT2D eigenvalue weighted by molar-refractivity contribution is 7.91. The Labute approximate surface area is 178 Å². The maximum Gasteiger partial charge on any atom is 0.251 e. The van der Waals surface area contributed by atoms with Crippen molar-refractivity contribution >= 4 is 38.9 Å². The summed E-state index contributed by atoms with van der Waals surface area (Å²) in [6.07, 6.45) is 0.326. The van der Waals surface area contributed by atoms with Gasteiger partial charge in [-0.3, -0.25) is 9.59 Å². The van der Waals surface area contributed by atoms with Crippen molar-refractivity contribution in [3.63, 3.8) is 0 Å². The second kappa shape index (κ2) is 8.39. The molecule has 2 aromatic carbocycles. The fourth-order valence-corrected chi connectivity index (χ4v) is 5.47. The molecule has 0 spiro atoms. The highest BCUT2D eigenvalue weighted by Gasteiger charge is 2.32. The van der Waals surface area contributed by atoms with Crippen LogP contribution in [0.4, 0.5) is 5.69 Å². The van der Waals surface area contributed by atoms with Crippen LogP contribution in [0.3, 0.4) is 0 Å². The van der Waals surface area contributed by atoms with Gasteiger partial charge >= 0.3 is 0 Å². The van der Waals surface area contributed by atoms with Crippen LogP contribution in [0.25, 0.3) is 0 Å². The van der Waals surface area contributed by atoms with E-state index in [9.17, 15) is 18.0 Å². The largest absolute Gasteiger partial charge is 0.342 e. The number of nitrogens with one attached hydrogen (secondary N) is 3. The van der Waals surface area contributed by atoms with Gasteiger partial charge in [0.1, 0.15) is 16.3 Å². The van der Waals surface area contributed by atoms with Crippen molar-refractivity contribution < 1.29 is 18.0 Å². The van der Waals surface area contributed by atoms with Crippen LogP contribution in [0.5, 0.6) is 0 Å². The molecule has 154 valence electrons. The minimum Gasteiger partial charge on any atom is -0.342 e. The summed E-state index contributed by atoms with van der Waals surface area (Å²) in [4.78, 5) is 25.6. The molecule has 3 N–H and O–H groups in total. The average molecular weight is 442 g/mol. The van der Waals surface area contributed by atoms with Gasteiger partial charge in [0, 0.05) is 12.1 Å². The Morgan fingerprint density at radius 3 is 2.50 bits per heavy atom. The molecule has 3 aromatic rings. The van der Waals surface area contributed by atoms with Gasteiger partial charge in [0.05, 0.1) is 0 Å². The molecule has 0 bridgehead atoms. The molecular formula is C21H19N3O4S2. The number of amides is 2. The van der Waals surface area contributed by atoms with Gasteiger partial charge in [-0.05, 0) is 28.6 Å². The summed E-state index contributed by atoms with van der Waals surface area (Å²) in [7, 11) is -3.91. The highest BCUT2D eigenvalue weighted by atomic mass is 32.2. The van der Waals surface area contributed by atoms with Crippen LogP contribution in [0.2, 0.25) is 0 Å². The molecule has 2 heterocycles. The fraction of sp³-hybridized carbons (Fsp3) is 0.143. The van der Waals surface area contributed by atoms with E-state index in [4.69, 9.17) is 0 Å². The molecule has 7 nitrogen and oxygen atoms in total. The number of anilines is 1. The SMILES string of the molecule is O=C1Nc2ccccc2CC1NC(=O)C(NS(=O)(=O)c1cccs1)c1ccccc1. The quantitative estimate of drug-likeness (QED) is 0.547. The summed E-state index contributed by atoms with van der Waals surface area (Å²) in [5, 5.41) is 7.12. The molecule has 0 saturated heterocycles.